The lowest BCUT2D eigenvalue weighted by atomic mass is 10.2. The van der Waals surface area contributed by atoms with Gasteiger partial charge in [0.15, 0.2) is 0 Å². The van der Waals surface area contributed by atoms with Gasteiger partial charge in [0.05, 0.1) is 21.5 Å². The number of aliphatic hydroxyl groups excluding tert-OH is 1. The van der Waals surface area contributed by atoms with Crippen molar-refractivity contribution in [3.8, 4) is 0 Å². The molecule has 0 saturated carbocycles. The summed E-state index contributed by atoms with van der Waals surface area (Å²) in [7, 11) is -4.12. The fraction of sp³-hybridized carbons (Fsp3) is 0.364. The van der Waals surface area contributed by atoms with Crippen molar-refractivity contribution in [3.63, 3.8) is 0 Å². The Morgan fingerprint density at radius 2 is 2.10 bits per heavy atom. The Morgan fingerprint density at radius 3 is 2.57 bits per heavy atom. The maximum absolute atomic E-state index is 12.4. The largest absolute Gasteiger partial charge is 0.478 e. The quantitative estimate of drug-likeness (QED) is 0.591. The number of nitro groups is 1. The summed E-state index contributed by atoms with van der Waals surface area (Å²) in [5.41, 5.74) is -1.17. The number of nitrogens with zero attached hydrogens (tertiary/aromatic N) is 2. The molecule has 2 N–H and O–H groups in total. The van der Waals surface area contributed by atoms with Crippen LogP contribution in [0.3, 0.4) is 0 Å². The second-order valence-electron chi connectivity index (χ2n) is 4.55. The van der Waals surface area contributed by atoms with Crippen molar-refractivity contribution in [1.82, 2.24) is 4.31 Å². The lowest BCUT2D eigenvalue weighted by Crippen LogP contribution is -2.31. The Bertz CT molecular complexity index is 701. The van der Waals surface area contributed by atoms with Gasteiger partial charge in [-0.25, -0.2) is 13.2 Å². The van der Waals surface area contributed by atoms with E-state index in [0.29, 0.717) is 6.07 Å². The van der Waals surface area contributed by atoms with Gasteiger partial charge in [-0.2, -0.15) is 4.31 Å². The van der Waals surface area contributed by atoms with Gasteiger partial charge in [-0.3, -0.25) is 10.1 Å². The fourth-order valence-electron chi connectivity index (χ4n) is 2.09. The van der Waals surface area contributed by atoms with Gasteiger partial charge in [-0.1, -0.05) is 0 Å². The smallest absolute Gasteiger partial charge is 0.337 e. The summed E-state index contributed by atoms with van der Waals surface area (Å²) in [6.45, 7) is -0.0576. The molecular formula is C11H12N2O7S. The summed E-state index contributed by atoms with van der Waals surface area (Å²) < 4.78 is 25.7. The Labute approximate surface area is 119 Å². The number of aliphatic hydroxyl groups is 1. The van der Waals surface area contributed by atoms with Gasteiger partial charge in [-0.15, -0.1) is 0 Å². The van der Waals surface area contributed by atoms with Crippen molar-refractivity contribution < 1.29 is 28.3 Å². The van der Waals surface area contributed by atoms with E-state index in [9.17, 15) is 28.4 Å². The molecule has 2 rings (SSSR count). The van der Waals surface area contributed by atoms with Crippen LogP contribution in [0.15, 0.2) is 23.1 Å². The van der Waals surface area contributed by atoms with Gasteiger partial charge in [0.2, 0.25) is 10.0 Å². The molecule has 114 valence electrons. The summed E-state index contributed by atoms with van der Waals surface area (Å²) in [5, 5.41) is 29.1. The first-order valence-electron chi connectivity index (χ1n) is 5.93. The van der Waals surface area contributed by atoms with Crippen molar-refractivity contribution in [2.45, 2.75) is 17.4 Å². The normalized spacial score (nSPS) is 19.6. The molecule has 9 nitrogen and oxygen atoms in total. The van der Waals surface area contributed by atoms with Crippen molar-refractivity contribution in [1.29, 1.82) is 0 Å². The molecule has 1 aromatic carbocycles. The van der Waals surface area contributed by atoms with Crippen molar-refractivity contribution in [3.05, 3.63) is 33.9 Å². The number of non-ortho nitro benzene ring substituents is 1. The third kappa shape index (κ3) is 2.86. The van der Waals surface area contributed by atoms with E-state index in [2.05, 4.69) is 0 Å². The first kappa shape index (κ1) is 15.4. The molecule has 0 bridgehead atoms. The summed E-state index contributed by atoms with van der Waals surface area (Å²) in [5.74, 6) is -1.57. The molecule has 0 aliphatic carbocycles. The number of carbonyl (C=O) groups is 1. The number of hydrogen-bond acceptors (Lipinski definition) is 6. The highest BCUT2D eigenvalue weighted by Crippen LogP contribution is 2.27. The van der Waals surface area contributed by atoms with Crippen LogP contribution in [-0.4, -0.2) is 53.0 Å². The highest BCUT2D eigenvalue weighted by atomic mass is 32.2. The number of sulfonamides is 1. The topological polar surface area (TPSA) is 138 Å². The summed E-state index contributed by atoms with van der Waals surface area (Å²) in [6, 6.07) is 2.55. The number of rotatable bonds is 4. The second-order valence-corrected chi connectivity index (χ2v) is 6.45. The SMILES string of the molecule is O=C(O)c1cc([N+](=O)[O-])ccc1S(=O)(=O)N1CC[C@@H](O)C1. The molecule has 1 heterocycles. The molecule has 0 amide bonds. The Kier molecular flexibility index (Phi) is 3.94. The van der Waals surface area contributed by atoms with E-state index in [4.69, 9.17) is 5.11 Å². The molecule has 1 saturated heterocycles. The van der Waals surface area contributed by atoms with Crippen LogP contribution in [-0.2, 0) is 10.0 Å². The molecule has 1 aliphatic heterocycles. The third-order valence-corrected chi connectivity index (χ3v) is 5.07. The van der Waals surface area contributed by atoms with Gasteiger partial charge in [0.1, 0.15) is 0 Å². The van der Waals surface area contributed by atoms with E-state index in [1.165, 1.54) is 0 Å². The maximum Gasteiger partial charge on any atom is 0.337 e. The van der Waals surface area contributed by atoms with E-state index in [1.807, 2.05) is 0 Å². The van der Waals surface area contributed by atoms with Crippen LogP contribution in [0.5, 0.6) is 0 Å². The fourth-order valence-corrected chi connectivity index (χ4v) is 3.75. The van der Waals surface area contributed by atoms with E-state index in [1.54, 1.807) is 0 Å². The average molecular weight is 316 g/mol. The molecule has 1 aromatic rings. The predicted molar refractivity (Wildman–Crippen MR) is 69.4 cm³/mol. The number of β-amino-alcohol motifs (C(OH)–C–C–N with tert-alkyl or cyclic N) is 1. The van der Waals surface area contributed by atoms with Gasteiger partial charge < -0.3 is 10.2 Å². The Hall–Kier alpha value is -2.04. The van der Waals surface area contributed by atoms with Crippen LogP contribution < -0.4 is 0 Å². The molecule has 1 atom stereocenters. The molecule has 1 fully saturated rings. The molecule has 0 aromatic heterocycles. The number of hydrogen-bond donors (Lipinski definition) is 2. The lowest BCUT2D eigenvalue weighted by Gasteiger charge is -2.17. The monoisotopic (exact) mass is 316 g/mol. The van der Waals surface area contributed by atoms with Gasteiger partial charge >= 0.3 is 5.97 Å². The first-order valence-corrected chi connectivity index (χ1v) is 7.37. The van der Waals surface area contributed by atoms with E-state index < -0.39 is 43.2 Å². The summed E-state index contributed by atoms with van der Waals surface area (Å²) >= 11 is 0. The number of benzene rings is 1. The molecule has 21 heavy (non-hydrogen) atoms. The van der Waals surface area contributed by atoms with Gasteiger partial charge in [0.25, 0.3) is 5.69 Å². The number of aromatic carboxylic acids is 1. The van der Waals surface area contributed by atoms with Gasteiger partial charge in [0, 0.05) is 25.2 Å². The third-order valence-electron chi connectivity index (χ3n) is 3.15. The zero-order valence-corrected chi connectivity index (χ0v) is 11.5. The molecule has 0 unspecified atom stereocenters. The minimum atomic E-state index is -4.12. The molecule has 10 heteroatoms. The van der Waals surface area contributed by atoms with E-state index in [0.717, 1.165) is 16.4 Å². The minimum absolute atomic E-state index is 0.0690. The van der Waals surface area contributed by atoms with Crippen LogP contribution in [0.4, 0.5) is 5.69 Å². The number of carboxylic acid groups (broad SMARTS) is 1. The van der Waals surface area contributed by atoms with Crippen LogP contribution in [0.2, 0.25) is 0 Å². The summed E-state index contributed by atoms with van der Waals surface area (Å²) in [6.07, 6.45) is -0.541. The zero-order valence-electron chi connectivity index (χ0n) is 10.7. The van der Waals surface area contributed by atoms with Crippen molar-refractivity contribution in [2.24, 2.45) is 0 Å². The van der Waals surface area contributed by atoms with Crippen LogP contribution >= 0.6 is 0 Å². The summed E-state index contributed by atoms with van der Waals surface area (Å²) in [4.78, 5) is 20.5. The molecular weight excluding hydrogens is 304 g/mol. The van der Waals surface area contributed by atoms with Gasteiger partial charge in [-0.05, 0) is 12.5 Å². The van der Waals surface area contributed by atoms with Crippen LogP contribution in [0.1, 0.15) is 16.8 Å². The Morgan fingerprint density at radius 1 is 1.43 bits per heavy atom. The lowest BCUT2D eigenvalue weighted by molar-refractivity contribution is -0.384. The van der Waals surface area contributed by atoms with E-state index in [-0.39, 0.29) is 19.5 Å². The molecule has 0 spiro atoms. The molecule has 1 aliphatic rings. The predicted octanol–water partition coefficient (Wildman–Crippen LogP) is 0.0483. The zero-order chi connectivity index (χ0) is 15.8. The highest BCUT2D eigenvalue weighted by molar-refractivity contribution is 7.89. The average Bonchev–Trinajstić information content (AvgIpc) is 2.85. The first-order chi connectivity index (χ1) is 9.73. The standard InChI is InChI=1S/C11H12N2O7S/c14-8-3-4-12(6-8)21(19,20)10-2-1-7(13(17)18)5-9(10)11(15)16/h1-2,5,8,14H,3-4,6H2,(H,15,16)/t8-/m1/s1. The minimum Gasteiger partial charge on any atom is -0.478 e. The van der Waals surface area contributed by atoms with E-state index >= 15 is 0 Å². The van der Waals surface area contributed by atoms with Crippen LogP contribution in [0, 0.1) is 10.1 Å². The number of nitro benzene ring substituents is 1. The van der Waals surface area contributed by atoms with Crippen molar-refractivity contribution in [2.75, 3.05) is 13.1 Å². The second kappa shape index (κ2) is 5.39. The Balaban J connectivity index is 2.52. The number of carboxylic acids is 1. The highest BCUT2D eigenvalue weighted by Gasteiger charge is 2.34. The molecule has 0 radical (unpaired) electrons. The van der Waals surface area contributed by atoms with Crippen LogP contribution in [0.25, 0.3) is 0 Å². The maximum atomic E-state index is 12.4. The van der Waals surface area contributed by atoms with Crippen molar-refractivity contribution >= 4 is 21.7 Å².